The van der Waals surface area contributed by atoms with Crippen LogP contribution < -0.4 is 0 Å². The number of rotatable bonds is 8. The lowest BCUT2D eigenvalue weighted by atomic mass is 9.86. The van der Waals surface area contributed by atoms with Crippen molar-refractivity contribution in [3.8, 4) is 0 Å². The Morgan fingerprint density at radius 3 is 2.36 bits per heavy atom. The Labute approximate surface area is 255 Å². The molecular weight excluding hydrogens is 552 g/mol. The monoisotopic (exact) mass is 595 g/mol. The van der Waals surface area contributed by atoms with Crippen molar-refractivity contribution in [2.24, 2.45) is 5.92 Å². The van der Waals surface area contributed by atoms with Gasteiger partial charge in [0.05, 0.1) is 17.3 Å². The molecule has 0 saturated carbocycles. The van der Waals surface area contributed by atoms with Crippen LogP contribution in [0, 0.1) is 11.7 Å². The van der Waals surface area contributed by atoms with Crippen molar-refractivity contribution in [3.63, 3.8) is 0 Å². The zero-order valence-corrected chi connectivity index (χ0v) is 26.1. The molecule has 1 unspecified atom stereocenters. The Balaban J connectivity index is 0.00000116. The molecule has 0 amide bonds. The van der Waals surface area contributed by atoms with E-state index in [1.807, 2.05) is 33.8 Å². The molecule has 0 aromatic heterocycles. The van der Waals surface area contributed by atoms with Crippen molar-refractivity contribution in [2.75, 3.05) is 26.3 Å². The number of hydrogen-bond donors (Lipinski definition) is 1. The normalized spacial score (nSPS) is 16.5. The largest absolute Gasteiger partial charge is 0.478 e. The average molecular weight is 596 g/mol. The molecule has 0 radical (unpaired) electrons. The second-order valence-corrected chi connectivity index (χ2v) is 10.8. The first kappa shape index (κ1) is 33.5. The Hall–Kier alpha value is -3.02. The molecule has 1 aliphatic heterocycles. The van der Waals surface area contributed by atoms with E-state index in [4.69, 9.17) is 11.6 Å². The maximum atomic E-state index is 13.9. The van der Waals surface area contributed by atoms with Crippen molar-refractivity contribution in [1.29, 1.82) is 0 Å². The lowest BCUT2D eigenvalue weighted by Gasteiger charge is -2.18. The maximum Gasteiger partial charge on any atom is 0.335 e. The van der Waals surface area contributed by atoms with E-state index in [1.54, 1.807) is 18.2 Å². The molecule has 1 saturated heterocycles. The molecule has 1 N–H and O–H groups in total. The number of carboxylic acid groups (broad SMARTS) is 1. The van der Waals surface area contributed by atoms with Gasteiger partial charge in [0.25, 0.3) is 0 Å². The van der Waals surface area contributed by atoms with Crippen molar-refractivity contribution in [3.05, 3.63) is 105 Å². The highest BCUT2D eigenvalue weighted by Gasteiger charge is 2.24. The standard InChI is InChI=1S/C32H32ClF2NO2.2C2H6/c33-30-19-26(35)10-12-28(30)29-4-1-3-24-18-25(32(37)38)9-11-27(24)31(29)23-7-5-21(6-8-23)17-22-13-16-36(20-22)15-2-14-34;2*1-2/h5-12,18-19,22H,1-4,13-17,20H2,(H,37,38);2*1-2H3. The van der Waals surface area contributed by atoms with Crippen molar-refractivity contribution in [2.45, 2.75) is 66.2 Å². The van der Waals surface area contributed by atoms with Crippen molar-refractivity contribution < 1.29 is 18.7 Å². The van der Waals surface area contributed by atoms with Gasteiger partial charge in [-0.1, -0.05) is 75.7 Å². The number of allylic oxidation sites excluding steroid dienone is 1. The second kappa shape index (κ2) is 16.6. The van der Waals surface area contributed by atoms with E-state index in [2.05, 4.69) is 29.2 Å². The summed E-state index contributed by atoms with van der Waals surface area (Å²) in [5.41, 5.74) is 7.44. The number of fused-ring (bicyclic) bond motifs is 1. The Bertz CT molecular complexity index is 1350. The number of alkyl halides is 1. The summed E-state index contributed by atoms with van der Waals surface area (Å²) < 4.78 is 26.4. The Morgan fingerprint density at radius 2 is 1.69 bits per heavy atom. The molecule has 0 bridgehead atoms. The minimum atomic E-state index is -0.941. The summed E-state index contributed by atoms with van der Waals surface area (Å²) in [6.45, 7) is 10.6. The first-order valence-electron chi connectivity index (χ1n) is 15.4. The molecule has 3 nitrogen and oxygen atoms in total. The molecule has 0 spiro atoms. The SMILES string of the molecule is CC.CC.O=C(O)c1ccc2c(c1)CCCC(c1ccc(F)cc1Cl)=C2c1ccc(CC2CCN(CCCF)C2)cc1. The number of carbonyl (C=O) groups is 1. The number of likely N-dealkylation sites (tertiary alicyclic amines) is 1. The third kappa shape index (κ3) is 8.29. The fourth-order valence-electron chi connectivity index (χ4n) is 5.96. The van der Waals surface area contributed by atoms with Gasteiger partial charge in [-0.3, -0.25) is 4.39 Å². The van der Waals surface area contributed by atoms with Gasteiger partial charge in [-0.25, -0.2) is 9.18 Å². The Morgan fingerprint density at radius 1 is 0.976 bits per heavy atom. The van der Waals surface area contributed by atoms with Crippen molar-refractivity contribution >= 4 is 28.7 Å². The molecule has 2 aliphatic rings. The van der Waals surface area contributed by atoms with Crippen LogP contribution in [0.4, 0.5) is 8.78 Å². The molecule has 226 valence electrons. The summed E-state index contributed by atoms with van der Waals surface area (Å²) >= 11 is 6.55. The Kier molecular flexibility index (Phi) is 13.2. The van der Waals surface area contributed by atoms with Crippen molar-refractivity contribution in [1.82, 2.24) is 4.90 Å². The molecule has 5 rings (SSSR count). The quantitative estimate of drug-likeness (QED) is 0.282. The van der Waals surface area contributed by atoms with Crippen LogP contribution in [0.3, 0.4) is 0 Å². The molecule has 1 aliphatic carbocycles. The van der Waals surface area contributed by atoms with Gasteiger partial charge in [-0.05, 0) is 114 Å². The van der Waals surface area contributed by atoms with Gasteiger partial charge < -0.3 is 10.0 Å². The number of halogens is 3. The highest BCUT2D eigenvalue weighted by molar-refractivity contribution is 6.32. The number of benzene rings is 3. The van der Waals surface area contributed by atoms with Gasteiger partial charge in [-0.15, -0.1) is 0 Å². The van der Waals surface area contributed by atoms with Crippen LogP contribution >= 0.6 is 11.6 Å². The molecule has 1 atom stereocenters. The van der Waals surface area contributed by atoms with Gasteiger partial charge in [0, 0.05) is 13.1 Å². The molecule has 1 heterocycles. The van der Waals surface area contributed by atoms with E-state index in [0.29, 0.717) is 17.4 Å². The van der Waals surface area contributed by atoms with Crippen LogP contribution in [-0.4, -0.2) is 42.3 Å². The summed E-state index contributed by atoms with van der Waals surface area (Å²) in [6, 6.07) is 18.5. The maximum absolute atomic E-state index is 13.9. The van der Waals surface area contributed by atoms with E-state index in [9.17, 15) is 18.7 Å². The molecular formula is C36H44ClF2NO2. The summed E-state index contributed by atoms with van der Waals surface area (Å²) in [5.74, 6) is -0.745. The van der Waals surface area contributed by atoms with Gasteiger partial charge >= 0.3 is 5.97 Å². The number of carboxylic acids is 1. The lowest BCUT2D eigenvalue weighted by molar-refractivity contribution is 0.0696. The topological polar surface area (TPSA) is 40.5 Å². The first-order chi connectivity index (χ1) is 20.4. The van der Waals surface area contributed by atoms with Crippen LogP contribution in [0.5, 0.6) is 0 Å². The molecule has 6 heteroatoms. The highest BCUT2D eigenvalue weighted by atomic mass is 35.5. The third-order valence-electron chi connectivity index (χ3n) is 7.80. The van der Waals surface area contributed by atoms with Gasteiger partial charge in [0.2, 0.25) is 0 Å². The number of aromatic carboxylic acids is 1. The summed E-state index contributed by atoms with van der Waals surface area (Å²) in [6.07, 6.45) is 5.05. The van der Waals surface area contributed by atoms with E-state index in [-0.39, 0.29) is 18.1 Å². The summed E-state index contributed by atoms with van der Waals surface area (Å²) in [4.78, 5) is 14.0. The van der Waals surface area contributed by atoms with Crippen LogP contribution in [0.2, 0.25) is 5.02 Å². The van der Waals surface area contributed by atoms with Gasteiger partial charge in [0.15, 0.2) is 0 Å². The van der Waals surface area contributed by atoms with Crippen LogP contribution in [0.15, 0.2) is 60.7 Å². The number of hydrogen-bond acceptors (Lipinski definition) is 2. The molecule has 3 aromatic carbocycles. The van der Waals surface area contributed by atoms with E-state index < -0.39 is 5.97 Å². The minimum Gasteiger partial charge on any atom is -0.478 e. The number of nitrogens with zero attached hydrogens (tertiary/aromatic N) is 1. The fourth-order valence-corrected chi connectivity index (χ4v) is 6.24. The summed E-state index contributed by atoms with van der Waals surface area (Å²) in [5, 5.41) is 9.93. The van der Waals surface area contributed by atoms with Crippen LogP contribution in [0.1, 0.15) is 91.6 Å². The number of aryl methyl sites for hydroxylation is 1. The second-order valence-electron chi connectivity index (χ2n) is 10.4. The smallest absolute Gasteiger partial charge is 0.335 e. The zero-order valence-electron chi connectivity index (χ0n) is 25.4. The molecule has 1 fully saturated rings. The fraction of sp³-hybridized carbons (Fsp3) is 0.417. The van der Waals surface area contributed by atoms with Gasteiger partial charge in [-0.2, -0.15) is 0 Å². The predicted molar refractivity (Wildman–Crippen MR) is 172 cm³/mol. The highest BCUT2D eigenvalue weighted by Crippen LogP contribution is 2.42. The van der Waals surface area contributed by atoms with E-state index in [1.165, 1.54) is 17.7 Å². The van der Waals surface area contributed by atoms with Gasteiger partial charge in [0.1, 0.15) is 5.82 Å². The first-order valence-corrected chi connectivity index (χ1v) is 15.7. The minimum absolute atomic E-state index is 0.260. The average Bonchev–Trinajstić information content (AvgIpc) is 3.37. The third-order valence-corrected chi connectivity index (χ3v) is 8.11. The van der Waals surface area contributed by atoms with E-state index >= 15 is 0 Å². The van der Waals surface area contributed by atoms with Crippen LogP contribution in [-0.2, 0) is 12.8 Å². The predicted octanol–water partition coefficient (Wildman–Crippen LogP) is 9.75. The lowest BCUT2D eigenvalue weighted by Crippen LogP contribution is -2.22. The summed E-state index contributed by atoms with van der Waals surface area (Å²) in [7, 11) is 0. The molecule has 42 heavy (non-hydrogen) atoms. The van der Waals surface area contributed by atoms with Crippen LogP contribution in [0.25, 0.3) is 11.1 Å². The zero-order chi connectivity index (χ0) is 30.6. The molecule has 3 aromatic rings. The van der Waals surface area contributed by atoms with E-state index in [0.717, 1.165) is 85.1 Å².